The van der Waals surface area contributed by atoms with Crippen molar-refractivity contribution in [2.75, 3.05) is 26.2 Å². The Labute approximate surface area is 186 Å². The van der Waals surface area contributed by atoms with Gasteiger partial charge < -0.3 is 9.32 Å². The maximum Gasteiger partial charge on any atom is 0.289 e. The summed E-state index contributed by atoms with van der Waals surface area (Å²) in [5.74, 6) is 0.618. The van der Waals surface area contributed by atoms with Crippen molar-refractivity contribution in [3.8, 4) is 0 Å². The average Bonchev–Trinajstić information content (AvgIpc) is 3.54. The van der Waals surface area contributed by atoms with Gasteiger partial charge in [-0.25, -0.2) is 9.07 Å². The minimum absolute atomic E-state index is 0.121. The van der Waals surface area contributed by atoms with E-state index in [1.54, 1.807) is 29.2 Å². The second-order valence-electron chi connectivity index (χ2n) is 8.50. The second kappa shape index (κ2) is 9.20. The number of furan rings is 1. The standard InChI is InChI=1S/C23H27FN6O2/c24-19-10-5-4-9-18(19)21(22-25-26-27-30(22)17-7-2-1-3-8-17)28-12-14-29(15-13-28)23(31)20-11-6-16-32-20/h4-6,9-11,16-17,21H,1-3,7-8,12-15H2/t21-/m1/s1. The van der Waals surface area contributed by atoms with Gasteiger partial charge in [-0.3, -0.25) is 9.69 Å². The van der Waals surface area contributed by atoms with Crippen LogP contribution in [0.4, 0.5) is 4.39 Å². The average molecular weight is 439 g/mol. The monoisotopic (exact) mass is 438 g/mol. The molecule has 168 valence electrons. The number of tetrazole rings is 1. The molecule has 2 aromatic heterocycles. The van der Waals surface area contributed by atoms with Gasteiger partial charge in [0.25, 0.3) is 5.91 Å². The Hall–Kier alpha value is -3.07. The molecule has 3 heterocycles. The Bertz CT molecular complexity index is 1040. The smallest absolute Gasteiger partial charge is 0.289 e. The fraction of sp³-hybridized carbons (Fsp3) is 0.478. The van der Waals surface area contributed by atoms with Crippen LogP contribution in [0.3, 0.4) is 0 Å². The van der Waals surface area contributed by atoms with Crippen LogP contribution in [-0.2, 0) is 0 Å². The van der Waals surface area contributed by atoms with Crippen LogP contribution >= 0.6 is 0 Å². The lowest BCUT2D eigenvalue weighted by Gasteiger charge is -2.39. The van der Waals surface area contributed by atoms with Gasteiger partial charge in [0.05, 0.1) is 12.3 Å². The van der Waals surface area contributed by atoms with E-state index in [1.165, 1.54) is 18.8 Å². The van der Waals surface area contributed by atoms with Crippen LogP contribution < -0.4 is 0 Å². The van der Waals surface area contributed by atoms with E-state index in [-0.39, 0.29) is 17.8 Å². The molecule has 0 N–H and O–H groups in total. The molecular weight excluding hydrogens is 411 g/mol. The molecule has 1 saturated heterocycles. The highest BCUT2D eigenvalue weighted by atomic mass is 19.1. The first kappa shape index (κ1) is 20.8. The van der Waals surface area contributed by atoms with Crippen LogP contribution in [0.5, 0.6) is 0 Å². The molecule has 1 aliphatic heterocycles. The number of amides is 1. The summed E-state index contributed by atoms with van der Waals surface area (Å²) in [5.41, 5.74) is 0.560. The Balaban J connectivity index is 1.42. The van der Waals surface area contributed by atoms with Gasteiger partial charge in [-0.15, -0.1) is 5.10 Å². The van der Waals surface area contributed by atoms with Crippen LogP contribution in [0.2, 0.25) is 0 Å². The molecule has 5 rings (SSSR count). The van der Waals surface area contributed by atoms with Crippen molar-refractivity contribution in [2.24, 2.45) is 0 Å². The fourth-order valence-electron chi connectivity index (χ4n) is 4.90. The van der Waals surface area contributed by atoms with Crippen LogP contribution in [0, 0.1) is 5.82 Å². The summed E-state index contributed by atoms with van der Waals surface area (Å²) in [4.78, 5) is 16.6. The van der Waals surface area contributed by atoms with Crippen molar-refractivity contribution in [3.05, 3.63) is 65.6 Å². The van der Waals surface area contributed by atoms with E-state index in [0.29, 0.717) is 43.3 Å². The third kappa shape index (κ3) is 4.04. The molecule has 0 spiro atoms. The van der Waals surface area contributed by atoms with E-state index in [4.69, 9.17) is 4.42 Å². The molecule has 8 nitrogen and oxygen atoms in total. The predicted octanol–water partition coefficient (Wildman–Crippen LogP) is 3.46. The molecule has 3 aromatic rings. The molecule has 2 aliphatic rings. The SMILES string of the molecule is O=C(c1ccco1)N1CCN([C@H](c2ccccc2F)c2nnnn2C2CCCCC2)CC1. The number of rotatable bonds is 5. The Morgan fingerprint density at radius 2 is 1.81 bits per heavy atom. The number of halogens is 1. The zero-order valence-electron chi connectivity index (χ0n) is 17.9. The van der Waals surface area contributed by atoms with Gasteiger partial charge in [0.15, 0.2) is 11.6 Å². The molecule has 1 aromatic carbocycles. The van der Waals surface area contributed by atoms with Crippen LogP contribution in [0.25, 0.3) is 0 Å². The molecule has 1 amide bonds. The Kier molecular flexibility index (Phi) is 5.98. The number of benzene rings is 1. The van der Waals surface area contributed by atoms with Gasteiger partial charge in [-0.1, -0.05) is 37.5 Å². The van der Waals surface area contributed by atoms with Gasteiger partial charge in [0.1, 0.15) is 11.9 Å². The maximum atomic E-state index is 15.0. The number of nitrogens with zero attached hydrogens (tertiary/aromatic N) is 6. The summed E-state index contributed by atoms with van der Waals surface area (Å²) in [5, 5.41) is 12.7. The molecule has 0 unspecified atom stereocenters. The summed E-state index contributed by atoms with van der Waals surface area (Å²) in [6.07, 6.45) is 7.11. The maximum absolute atomic E-state index is 15.0. The van der Waals surface area contributed by atoms with Crippen LogP contribution in [0.1, 0.15) is 66.1 Å². The molecule has 32 heavy (non-hydrogen) atoms. The minimum atomic E-state index is -0.408. The summed E-state index contributed by atoms with van der Waals surface area (Å²) >= 11 is 0. The lowest BCUT2D eigenvalue weighted by Crippen LogP contribution is -2.50. The third-order valence-electron chi connectivity index (χ3n) is 6.58. The highest BCUT2D eigenvalue weighted by Gasteiger charge is 2.35. The number of hydrogen-bond acceptors (Lipinski definition) is 6. The lowest BCUT2D eigenvalue weighted by atomic mass is 9.95. The van der Waals surface area contributed by atoms with Crippen molar-refractivity contribution < 1.29 is 13.6 Å². The first-order valence-electron chi connectivity index (χ1n) is 11.3. The van der Waals surface area contributed by atoms with Gasteiger partial charge in [0, 0.05) is 31.7 Å². The van der Waals surface area contributed by atoms with E-state index in [1.807, 2.05) is 10.7 Å². The molecular formula is C23H27FN6O2. The van der Waals surface area contributed by atoms with Gasteiger partial charge in [0.2, 0.25) is 0 Å². The summed E-state index contributed by atoms with van der Waals surface area (Å²) in [6, 6.07) is 10.0. The highest BCUT2D eigenvalue weighted by Crippen LogP contribution is 2.34. The van der Waals surface area contributed by atoms with Crippen molar-refractivity contribution in [1.82, 2.24) is 30.0 Å². The Morgan fingerprint density at radius 3 is 2.53 bits per heavy atom. The fourth-order valence-corrected chi connectivity index (χ4v) is 4.90. The molecule has 1 aliphatic carbocycles. The number of aromatic nitrogens is 4. The van der Waals surface area contributed by atoms with Crippen molar-refractivity contribution >= 4 is 5.91 Å². The van der Waals surface area contributed by atoms with Crippen molar-refractivity contribution in [3.63, 3.8) is 0 Å². The van der Waals surface area contributed by atoms with Gasteiger partial charge in [-0.2, -0.15) is 0 Å². The lowest BCUT2D eigenvalue weighted by molar-refractivity contribution is 0.0554. The van der Waals surface area contributed by atoms with Gasteiger partial charge >= 0.3 is 0 Å². The van der Waals surface area contributed by atoms with Crippen LogP contribution in [-0.4, -0.2) is 62.1 Å². The molecule has 0 bridgehead atoms. The zero-order chi connectivity index (χ0) is 21.9. The molecule has 2 fully saturated rings. The number of piperazine rings is 1. The van der Waals surface area contributed by atoms with E-state index >= 15 is 0 Å². The first-order chi connectivity index (χ1) is 15.7. The largest absolute Gasteiger partial charge is 0.459 e. The molecule has 1 saturated carbocycles. The highest BCUT2D eigenvalue weighted by molar-refractivity contribution is 5.91. The zero-order valence-corrected chi connectivity index (χ0v) is 17.9. The summed E-state index contributed by atoms with van der Waals surface area (Å²) < 4.78 is 22.1. The van der Waals surface area contributed by atoms with Crippen LogP contribution in [0.15, 0.2) is 47.1 Å². The molecule has 0 radical (unpaired) electrons. The van der Waals surface area contributed by atoms with Crippen molar-refractivity contribution in [2.45, 2.75) is 44.2 Å². The Morgan fingerprint density at radius 1 is 1.03 bits per heavy atom. The van der Waals surface area contributed by atoms with Gasteiger partial charge in [-0.05, 0) is 41.5 Å². The number of hydrogen-bond donors (Lipinski definition) is 0. The quantitative estimate of drug-likeness (QED) is 0.607. The predicted molar refractivity (Wildman–Crippen MR) is 114 cm³/mol. The molecule has 1 atom stereocenters. The summed E-state index contributed by atoms with van der Waals surface area (Å²) in [6.45, 7) is 2.22. The second-order valence-corrected chi connectivity index (χ2v) is 8.50. The van der Waals surface area contributed by atoms with E-state index < -0.39 is 6.04 Å². The number of carbonyl (C=O) groups is 1. The number of carbonyl (C=O) groups excluding carboxylic acids is 1. The summed E-state index contributed by atoms with van der Waals surface area (Å²) in [7, 11) is 0. The van der Waals surface area contributed by atoms with Crippen molar-refractivity contribution in [1.29, 1.82) is 0 Å². The third-order valence-corrected chi connectivity index (χ3v) is 6.58. The topological polar surface area (TPSA) is 80.3 Å². The minimum Gasteiger partial charge on any atom is -0.459 e. The molecule has 9 heteroatoms. The normalized spacial score (nSPS) is 19.2. The van der Waals surface area contributed by atoms with E-state index in [9.17, 15) is 9.18 Å². The van der Waals surface area contributed by atoms with E-state index in [0.717, 1.165) is 25.7 Å². The van der Waals surface area contributed by atoms with E-state index in [2.05, 4.69) is 20.4 Å². The first-order valence-corrected chi connectivity index (χ1v) is 11.3.